The maximum absolute atomic E-state index is 12.5. The lowest BCUT2D eigenvalue weighted by Gasteiger charge is -2.32. The zero-order valence-corrected chi connectivity index (χ0v) is 19.7. The molecule has 0 saturated carbocycles. The van der Waals surface area contributed by atoms with Crippen molar-refractivity contribution in [2.24, 2.45) is 29.2 Å². The highest BCUT2D eigenvalue weighted by Crippen LogP contribution is 2.31. The normalized spacial score (nSPS) is 13.8. The molecule has 7 nitrogen and oxygen atoms in total. The van der Waals surface area contributed by atoms with Gasteiger partial charge in [0.05, 0.1) is 17.5 Å². The van der Waals surface area contributed by atoms with Crippen LogP contribution in [0.25, 0.3) is 10.9 Å². The quantitative estimate of drug-likeness (QED) is 0.324. The Morgan fingerprint density at radius 1 is 1.09 bits per heavy atom. The molecule has 0 saturated heterocycles. The van der Waals surface area contributed by atoms with Crippen molar-refractivity contribution in [3.63, 3.8) is 0 Å². The number of hydrogen-bond acceptors (Lipinski definition) is 4. The van der Waals surface area contributed by atoms with Gasteiger partial charge in [0.1, 0.15) is 5.75 Å². The van der Waals surface area contributed by atoms with Gasteiger partial charge in [0.2, 0.25) is 11.8 Å². The van der Waals surface area contributed by atoms with Crippen LogP contribution in [0.15, 0.2) is 54.7 Å². The Kier molecular flexibility index (Phi) is 8.06. The van der Waals surface area contributed by atoms with E-state index in [0.29, 0.717) is 17.2 Å². The first kappa shape index (κ1) is 24.3. The Bertz CT molecular complexity index is 1130. The van der Waals surface area contributed by atoms with Gasteiger partial charge >= 0.3 is 0 Å². The number of ether oxygens (including phenoxy) is 1. The van der Waals surface area contributed by atoms with Crippen LogP contribution < -0.4 is 21.5 Å². The van der Waals surface area contributed by atoms with Gasteiger partial charge in [0.25, 0.3) is 0 Å². The summed E-state index contributed by atoms with van der Waals surface area (Å²) in [5.74, 6) is -2.14. The van der Waals surface area contributed by atoms with Crippen LogP contribution in [0, 0.1) is 24.7 Å². The van der Waals surface area contributed by atoms with Crippen LogP contribution in [0.4, 0.5) is 0 Å². The van der Waals surface area contributed by atoms with Crippen LogP contribution in [0.3, 0.4) is 0 Å². The average molecular weight is 467 g/mol. The molecule has 1 aromatic heterocycles. The van der Waals surface area contributed by atoms with Gasteiger partial charge in [0, 0.05) is 42.4 Å². The highest BCUT2D eigenvalue weighted by molar-refractivity contribution is 7.80. The van der Waals surface area contributed by atoms with Crippen molar-refractivity contribution in [1.82, 2.24) is 10.3 Å². The molecule has 8 heteroatoms. The van der Waals surface area contributed by atoms with Crippen LogP contribution >= 0.6 is 12.2 Å². The van der Waals surface area contributed by atoms with E-state index in [1.807, 2.05) is 61.7 Å². The summed E-state index contributed by atoms with van der Waals surface area (Å²) < 4.78 is 6.06. The first-order valence-electron chi connectivity index (χ1n) is 10.8. The number of hydrogen-bond donors (Lipinski definition) is 4. The molecule has 3 rings (SSSR count). The Labute approximate surface area is 198 Å². The fourth-order valence-corrected chi connectivity index (χ4v) is 4.44. The molecule has 33 heavy (non-hydrogen) atoms. The highest BCUT2D eigenvalue weighted by Gasteiger charge is 2.37. The van der Waals surface area contributed by atoms with Crippen LogP contribution in [-0.2, 0) is 16.0 Å². The zero-order valence-electron chi connectivity index (χ0n) is 18.8. The predicted molar refractivity (Wildman–Crippen MR) is 134 cm³/mol. The number of fused-ring (bicyclic) bond motifs is 1. The van der Waals surface area contributed by atoms with E-state index in [1.54, 1.807) is 7.05 Å². The summed E-state index contributed by atoms with van der Waals surface area (Å²) in [6.07, 6.45) is 2.31. The number of aromatic amines is 1. The number of carbonyl (C=O) groups is 2. The van der Waals surface area contributed by atoms with E-state index in [4.69, 9.17) is 28.4 Å². The number of thiocarbonyl (C=S) groups is 1. The number of para-hydroxylation sites is 1. The molecule has 3 atom stereocenters. The minimum atomic E-state index is -0.825. The summed E-state index contributed by atoms with van der Waals surface area (Å²) in [5.41, 5.74) is 14.4. The molecule has 174 valence electrons. The van der Waals surface area contributed by atoms with Gasteiger partial charge in [-0.05, 0) is 37.1 Å². The van der Waals surface area contributed by atoms with Crippen molar-refractivity contribution >= 4 is 39.9 Å². The second-order valence-corrected chi connectivity index (χ2v) is 8.69. The van der Waals surface area contributed by atoms with Gasteiger partial charge in [-0.15, -0.1) is 0 Å². The van der Waals surface area contributed by atoms with E-state index in [1.165, 1.54) is 0 Å². The largest absolute Gasteiger partial charge is 0.493 e. The van der Waals surface area contributed by atoms with Crippen LogP contribution in [0.5, 0.6) is 5.75 Å². The van der Waals surface area contributed by atoms with E-state index in [2.05, 4.69) is 10.3 Å². The topological polar surface area (TPSA) is 123 Å². The van der Waals surface area contributed by atoms with Crippen molar-refractivity contribution in [3.05, 3.63) is 65.9 Å². The van der Waals surface area contributed by atoms with E-state index in [9.17, 15) is 9.59 Å². The number of rotatable bonds is 11. The third kappa shape index (κ3) is 6.10. The van der Waals surface area contributed by atoms with Crippen molar-refractivity contribution < 1.29 is 14.3 Å². The lowest BCUT2D eigenvalue weighted by Crippen LogP contribution is -2.44. The molecule has 2 amide bonds. The predicted octanol–water partition coefficient (Wildman–Crippen LogP) is 2.85. The maximum atomic E-state index is 12.5. The van der Waals surface area contributed by atoms with Gasteiger partial charge in [-0.2, -0.15) is 0 Å². The standard InChI is InChI=1S/C25H30N4O3S/c1-15-7-9-17(10-8-15)32-14-21(19(24(27)31)12-23(26)30)20(25(33)28-2)11-16-13-29-22-6-4-3-5-18(16)22/h3-10,13,19-21,29H,11-12,14H2,1-2H3,(H2,26,30)(H2,27,31)(H,28,33)/t19-,20+,21?/m1/s1. The lowest BCUT2D eigenvalue weighted by atomic mass is 9.76. The number of primary amides is 2. The molecular formula is C25H30N4O3S. The van der Waals surface area contributed by atoms with Gasteiger partial charge in [-0.25, -0.2) is 0 Å². The number of amides is 2. The van der Waals surface area contributed by atoms with E-state index in [-0.39, 0.29) is 18.9 Å². The van der Waals surface area contributed by atoms with E-state index >= 15 is 0 Å². The van der Waals surface area contributed by atoms with Gasteiger partial charge < -0.3 is 26.5 Å². The number of aryl methyl sites for hydroxylation is 1. The highest BCUT2D eigenvalue weighted by atomic mass is 32.1. The van der Waals surface area contributed by atoms with Crippen molar-refractivity contribution in [1.29, 1.82) is 0 Å². The van der Waals surface area contributed by atoms with Crippen molar-refractivity contribution in [3.8, 4) is 5.75 Å². The molecule has 6 N–H and O–H groups in total. The molecule has 0 aliphatic rings. The Hall–Kier alpha value is -3.39. The molecule has 0 bridgehead atoms. The van der Waals surface area contributed by atoms with Crippen LogP contribution in [0.2, 0.25) is 0 Å². The van der Waals surface area contributed by atoms with Crippen LogP contribution in [0.1, 0.15) is 17.5 Å². The van der Waals surface area contributed by atoms with E-state index in [0.717, 1.165) is 22.0 Å². The van der Waals surface area contributed by atoms with Gasteiger partial charge in [-0.1, -0.05) is 48.1 Å². The number of nitrogens with two attached hydrogens (primary N) is 2. The minimum Gasteiger partial charge on any atom is -0.493 e. The average Bonchev–Trinajstić information content (AvgIpc) is 3.20. The minimum absolute atomic E-state index is 0.152. The number of H-pyrrole nitrogens is 1. The first-order chi connectivity index (χ1) is 15.8. The summed E-state index contributed by atoms with van der Waals surface area (Å²) in [4.78, 5) is 28.1. The maximum Gasteiger partial charge on any atom is 0.221 e. The third-order valence-electron chi connectivity index (χ3n) is 5.98. The molecule has 0 aliphatic carbocycles. The second kappa shape index (κ2) is 11.0. The second-order valence-electron chi connectivity index (χ2n) is 8.25. The number of aromatic nitrogens is 1. The molecule has 3 aromatic rings. The van der Waals surface area contributed by atoms with Crippen LogP contribution in [-0.4, -0.2) is 35.4 Å². The Morgan fingerprint density at radius 2 is 1.79 bits per heavy atom. The third-order valence-corrected chi connectivity index (χ3v) is 6.49. The fourth-order valence-electron chi connectivity index (χ4n) is 4.18. The summed E-state index contributed by atoms with van der Waals surface area (Å²) in [7, 11) is 1.75. The smallest absolute Gasteiger partial charge is 0.221 e. The number of nitrogens with one attached hydrogen (secondary N) is 2. The summed E-state index contributed by atoms with van der Waals surface area (Å²) in [5, 5.41) is 4.13. The SMILES string of the molecule is CNC(=S)[C@@H](Cc1c[nH]c2ccccc12)C(COc1ccc(C)cc1)[C@@H](CC(N)=O)C(N)=O. The number of benzene rings is 2. The monoisotopic (exact) mass is 466 g/mol. The Morgan fingerprint density at radius 3 is 2.42 bits per heavy atom. The lowest BCUT2D eigenvalue weighted by molar-refractivity contribution is -0.129. The summed E-state index contributed by atoms with van der Waals surface area (Å²) in [6, 6.07) is 15.6. The molecule has 1 heterocycles. The Balaban J connectivity index is 1.97. The molecule has 0 fully saturated rings. The molecule has 2 aromatic carbocycles. The molecule has 0 spiro atoms. The van der Waals surface area contributed by atoms with Gasteiger partial charge in [-0.3, -0.25) is 9.59 Å². The number of carbonyl (C=O) groups excluding carboxylic acids is 2. The first-order valence-corrected chi connectivity index (χ1v) is 11.2. The van der Waals surface area contributed by atoms with Gasteiger partial charge in [0.15, 0.2) is 0 Å². The zero-order chi connectivity index (χ0) is 24.0. The molecular weight excluding hydrogens is 436 g/mol. The fraction of sp³-hybridized carbons (Fsp3) is 0.320. The van der Waals surface area contributed by atoms with Crippen molar-refractivity contribution in [2.75, 3.05) is 13.7 Å². The van der Waals surface area contributed by atoms with Crippen molar-refractivity contribution in [2.45, 2.75) is 19.8 Å². The van der Waals surface area contributed by atoms with E-state index < -0.39 is 23.7 Å². The molecule has 1 unspecified atom stereocenters. The summed E-state index contributed by atoms with van der Waals surface area (Å²) in [6.45, 7) is 2.14. The molecule has 0 aliphatic heterocycles. The molecule has 0 radical (unpaired) electrons. The summed E-state index contributed by atoms with van der Waals surface area (Å²) >= 11 is 5.67.